The Balaban J connectivity index is 1.45. The fourth-order valence-corrected chi connectivity index (χ4v) is 5.84. The number of hydrogen-bond donors (Lipinski definition) is 0. The minimum Gasteiger partial charge on any atom is -0.311 e. The van der Waals surface area contributed by atoms with E-state index in [1.165, 1.54) is 42.4 Å². The van der Waals surface area contributed by atoms with Gasteiger partial charge in [0.1, 0.15) is 0 Å². The molecule has 34 heavy (non-hydrogen) atoms. The quantitative estimate of drug-likeness (QED) is 0.256. The molecule has 0 atom stereocenters. The number of thiophene rings is 1. The SMILES string of the molecule is Cc1ccc(N(c2ccc(C)cc2)c2ccc(-c3cccc4c3sc3ccccc34)cc2)cc1. The van der Waals surface area contributed by atoms with E-state index in [0.29, 0.717) is 0 Å². The maximum absolute atomic E-state index is 2.32. The first kappa shape index (κ1) is 20.7. The molecule has 0 bridgehead atoms. The van der Waals surface area contributed by atoms with Crippen LogP contribution in [0.1, 0.15) is 11.1 Å². The first-order valence-corrected chi connectivity index (χ1v) is 12.4. The van der Waals surface area contributed by atoms with E-state index in [9.17, 15) is 0 Å². The van der Waals surface area contributed by atoms with Gasteiger partial charge < -0.3 is 4.90 Å². The molecule has 6 aromatic rings. The van der Waals surface area contributed by atoms with Gasteiger partial charge in [0.15, 0.2) is 0 Å². The number of hydrogen-bond acceptors (Lipinski definition) is 2. The summed E-state index contributed by atoms with van der Waals surface area (Å²) < 4.78 is 2.69. The second-order valence-corrected chi connectivity index (χ2v) is 9.89. The molecule has 0 radical (unpaired) electrons. The fraction of sp³-hybridized carbons (Fsp3) is 0.0625. The molecule has 0 aliphatic carbocycles. The van der Waals surface area contributed by atoms with Crippen molar-refractivity contribution in [3.8, 4) is 11.1 Å². The van der Waals surface area contributed by atoms with Crippen LogP contribution in [0.3, 0.4) is 0 Å². The second kappa shape index (κ2) is 8.48. The van der Waals surface area contributed by atoms with Gasteiger partial charge in [0.25, 0.3) is 0 Å². The summed E-state index contributed by atoms with van der Waals surface area (Å²) in [4.78, 5) is 2.32. The van der Waals surface area contributed by atoms with Crippen LogP contribution < -0.4 is 4.90 Å². The molecule has 5 aromatic carbocycles. The number of benzene rings is 5. The van der Waals surface area contributed by atoms with Crippen LogP contribution in [0.25, 0.3) is 31.3 Å². The van der Waals surface area contributed by atoms with Gasteiger partial charge in [-0.25, -0.2) is 0 Å². The topological polar surface area (TPSA) is 3.24 Å². The Labute approximate surface area is 204 Å². The van der Waals surface area contributed by atoms with E-state index in [4.69, 9.17) is 0 Å². The van der Waals surface area contributed by atoms with Crippen LogP contribution in [0, 0.1) is 13.8 Å². The molecule has 0 fully saturated rings. The van der Waals surface area contributed by atoms with Crippen LogP contribution in [0.5, 0.6) is 0 Å². The highest BCUT2D eigenvalue weighted by molar-refractivity contribution is 7.26. The molecule has 0 aliphatic rings. The van der Waals surface area contributed by atoms with E-state index in [1.807, 2.05) is 11.3 Å². The Bertz CT molecular complexity index is 1550. The van der Waals surface area contributed by atoms with Gasteiger partial charge in [0.2, 0.25) is 0 Å². The average Bonchev–Trinajstić information content (AvgIpc) is 3.26. The molecule has 0 saturated carbocycles. The number of nitrogens with zero attached hydrogens (tertiary/aromatic N) is 1. The lowest BCUT2D eigenvalue weighted by molar-refractivity contribution is 1.27. The van der Waals surface area contributed by atoms with Gasteiger partial charge in [0.05, 0.1) is 0 Å². The third kappa shape index (κ3) is 3.67. The van der Waals surface area contributed by atoms with Gasteiger partial charge in [-0.15, -0.1) is 11.3 Å². The summed E-state index contributed by atoms with van der Waals surface area (Å²) in [5, 5.41) is 2.68. The molecule has 0 aliphatic heterocycles. The lowest BCUT2D eigenvalue weighted by atomic mass is 10.0. The van der Waals surface area contributed by atoms with Crippen molar-refractivity contribution < 1.29 is 0 Å². The number of rotatable bonds is 4. The fourth-order valence-electron chi connectivity index (χ4n) is 4.60. The summed E-state index contributed by atoms with van der Waals surface area (Å²) in [6.07, 6.45) is 0. The smallest absolute Gasteiger partial charge is 0.0462 e. The minimum absolute atomic E-state index is 1.15. The van der Waals surface area contributed by atoms with Crippen molar-refractivity contribution >= 4 is 48.6 Å². The average molecular weight is 456 g/mol. The highest BCUT2D eigenvalue weighted by Gasteiger charge is 2.14. The first-order chi connectivity index (χ1) is 16.7. The Morgan fingerprint density at radius 2 is 1.03 bits per heavy atom. The van der Waals surface area contributed by atoms with Crippen molar-refractivity contribution in [2.75, 3.05) is 4.90 Å². The third-order valence-electron chi connectivity index (χ3n) is 6.43. The molecular weight excluding hydrogens is 430 g/mol. The van der Waals surface area contributed by atoms with Crippen molar-refractivity contribution in [1.82, 2.24) is 0 Å². The molecule has 0 spiro atoms. The minimum atomic E-state index is 1.15. The van der Waals surface area contributed by atoms with Crippen LogP contribution >= 0.6 is 11.3 Å². The van der Waals surface area contributed by atoms with Gasteiger partial charge in [-0.1, -0.05) is 83.9 Å². The zero-order valence-electron chi connectivity index (χ0n) is 19.3. The van der Waals surface area contributed by atoms with Crippen molar-refractivity contribution in [3.63, 3.8) is 0 Å². The van der Waals surface area contributed by atoms with Gasteiger partial charge >= 0.3 is 0 Å². The summed E-state index contributed by atoms with van der Waals surface area (Å²) in [6, 6.07) is 41.8. The third-order valence-corrected chi connectivity index (χ3v) is 7.64. The van der Waals surface area contributed by atoms with Crippen molar-refractivity contribution in [2.45, 2.75) is 13.8 Å². The summed E-state index contributed by atoms with van der Waals surface area (Å²) >= 11 is 1.88. The number of fused-ring (bicyclic) bond motifs is 3. The Morgan fingerprint density at radius 3 is 1.65 bits per heavy atom. The van der Waals surface area contributed by atoms with Crippen LogP contribution in [0.2, 0.25) is 0 Å². The molecule has 2 heteroatoms. The largest absolute Gasteiger partial charge is 0.311 e. The molecule has 1 heterocycles. The summed E-state index contributed by atoms with van der Waals surface area (Å²) in [7, 11) is 0. The Kier molecular flexibility index (Phi) is 5.16. The maximum atomic E-state index is 2.32. The van der Waals surface area contributed by atoms with E-state index in [1.54, 1.807) is 0 Å². The second-order valence-electron chi connectivity index (χ2n) is 8.83. The van der Waals surface area contributed by atoms with Crippen LogP contribution in [0.4, 0.5) is 17.1 Å². The molecular formula is C32H25NS. The summed E-state index contributed by atoms with van der Waals surface area (Å²) in [6.45, 7) is 4.26. The molecule has 1 nitrogen and oxygen atoms in total. The zero-order valence-corrected chi connectivity index (χ0v) is 20.1. The summed E-state index contributed by atoms with van der Waals surface area (Å²) in [5.41, 5.74) is 8.54. The number of anilines is 3. The molecule has 1 aromatic heterocycles. The molecule has 164 valence electrons. The van der Waals surface area contributed by atoms with E-state index in [2.05, 4.69) is 134 Å². The first-order valence-electron chi connectivity index (χ1n) is 11.6. The van der Waals surface area contributed by atoms with Crippen LogP contribution in [-0.2, 0) is 0 Å². The van der Waals surface area contributed by atoms with E-state index >= 15 is 0 Å². The molecule has 6 rings (SSSR count). The molecule has 0 saturated heterocycles. The monoisotopic (exact) mass is 455 g/mol. The molecule has 0 amide bonds. The maximum Gasteiger partial charge on any atom is 0.0462 e. The normalized spacial score (nSPS) is 11.2. The molecule has 0 unspecified atom stereocenters. The van der Waals surface area contributed by atoms with Crippen LogP contribution in [0.15, 0.2) is 115 Å². The standard InChI is InChI=1S/C32H25NS/c1-22-10-16-25(17-11-22)33(26-18-12-23(2)13-19-26)27-20-14-24(15-21-27)28-7-5-8-30-29-6-3-4-9-31(29)34-32(28)30/h3-21H,1-2H3. The lowest BCUT2D eigenvalue weighted by Crippen LogP contribution is -2.09. The van der Waals surface area contributed by atoms with E-state index in [0.717, 1.165) is 17.1 Å². The summed E-state index contributed by atoms with van der Waals surface area (Å²) in [5.74, 6) is 0. The van der Waals surface area contributed by atoms with Crippen molar-refractivity contribution in [3.05, 3.63) is 126 Å². The van der Waals surface area contributed by atoms with E-state index < -0.39 is 0 Å². The number of aryl methyl sites for hydroxylation is 2. The predicted molar refractivity (Wildman–Crippen MR) is 149 cm³/mol. The molecule has 0 N–H and O–H groups in total. The zero-order chi connectivity index (χ0) is 23.1. The Hall–Kier alpha value is -3.88. The van der Waals surface area contributed by atoms with Gasteiger partial charge in [0, 0.05) is 37.2 Å². The lowest BCUT2D eigenvalue weighted by Gasteiger charge is -2.26. The highest BCUT2D eigenvalue weighted by Crippen LogP contribution is 2.41. The van der Waals surface area contributed by atoms with Gasteiger partial charge in [-0.3, -0.25) is 0 Å². The van der Waals surface area contributed by atoms with Gasteiger partial charge in [-0.2, -0.15) is 0 Å². The highest BCUT2D eigenvalue weighted by atomic mass is 32.1. The van der Waals surface area contributed by atoms with Crippen molar-refractivity contribution in [1.29, 1.82) is 0 Å². The predicted octanol–water partition coefficient (Wildman–Crippen LogP) is 9.81. The Morgan fingerprint density at radius 1 is 0.500 bits per heavy atom. The van der Waals surface area contributed by atoms with Crippen LogP contribution in [-0.4, -0.2) is 0 Å². The van der Waals surface area contributed by atoms with Gasteiger partial charge in [-0.05, 0) is 67.4 Å². The van der Waals surface area contributed by atoms with E-state index in [-0.39, 0.29) is 0 Å². The van der Waals surface area contributed by atoms with Crippen molar-refractivity contribution in [2.24, 2.45) is 0 Å².